The molecular weight excluding hydrogens is 410 g/mol. The van der Waals surface area contributed by atoms with E-state index in [1.165, 1.54) is 8.99 Å². The Morgan fingerprint density at radius 1 is 1.32 bits per heavy atom. The molecule has 0 bridgehead atoms. The Kier molecular flexibility index (Phi) is 4.99. The maximum atomic E-state index is 12.9. The summed E-state index contributed by atoms with van der Waals surface area (Å²) in [4.78, 5) is 12.4. The first-order valence-electron chi connectivity index (χ1n) is 7.82. The number of hydrogen-bond acceptors (Lipinski definition) is 5. The fraction of sp³-hybridized carbons (Fsp3) is 0.375. The van der Waals surface area contributed by atoms with Crippen LogP contribution in [0.15, 0.2) is 33.6 Å². The topological polar surface area (TPSA) is 81.5 Å². The van der Waals surface area contributed by atoms with Crippen LogP contribution in [0, 0.1) is 0 Å². The normalized spacial score (nSPS) is 15.0. The fourth-order valence-corrected chi connectivity index (χ4v) is 4.57. The molecule has 0 saturated heterocycles. The lowest BCUT2D eigenvalue weighted by Gasteiger charge is -2.26. The van der Waals surface area contributed by atoms with Gasteiger partial charge in [0.2, 0.25) is 10.0 Å². The first-order chi connectivity index (χ1) is 11.8. The van der Waals surface area contributed by atoms with E-state index < -0.39 is 16.0 Å². The van der Waals surface area contributed by atoms with Gasteiger partial charge >= 0.3 is 5.97 Å². The van der Waals surface area contributed by atoms with Gasteiger partial charge in [0, 0.05) is 36.6 Å². The van der Waals surface area contributed by atoms with Gasteiger partial charge in [0.1, 0.15) is 0 Å². The molecule has 0 aliphatic carbocycles. The van der Waals surface area contributed by atoms with Crippen LogP contribution in [0.25, 0.3) is 0 Å². The number of esters is 1. The summed E-state index contributed by atoms with van der Waals surface area (Å²) in [6.07, 6.45) is 0.457. The fourth-order valence-electron chi connectivity index (χ4n) is 2.89. The smallest absolute Gasteiger partial charge is 0.356 e. The molecule has 7 nitrogen and oxygen atoms in total. The number of aryl methyl sites for hydroxylation is 1. The van der Waals surface area contributed by atoms with Gasteiger partial charge < -0.3 is 4.74 Å². The third kappa shape index (κ3) is 3.36. The van der Waals surface area contributed by atoms with E-state index in [-0.39, 0.29) is 18.0 Å². The number of carbonyl (C=O) groups excluding carboxylic acids is 1. The van der Waals surface area contributed by atoms with Gasteiger partial charge in [-0.05, 0) is 31.2 Å². The van der Waals surface area contributed by atoms with E-state index in [1.807, 2.05) is 0 Å². The van der Waals surface area contributed by atoms with Gasteiger partial charge in [-0.1, -0.05) is 15.9 Å². The van der Waals surface area contributed by atoms with Crippen LogP contribution >= 0.6 is 15.9 Å². The average Bonchev–Trinajstić information content (AvgIpc) is 2.90. The molecule has 1 aromatic carbocycles. The van der Waals surface area contributed by atoms with Crippen molar-refractivity contribution in [3.8, 4) is 0 Å². The Labute approximate surface area is 154 Å². The lowest BCUT2D eigenvalue weighted by molar-refractivity contribution is 0.0511. The van der Waals surface area contributed by atoms with Crippen LogP contribution in [0.2, 0.25) is 0 Å². The number of halogens is 1. The first-order valence-corrected chi connectivity index (χ1v) is 10.1. The SMILES string of the molecule is CCOC(=O)c1c2c(nn1C)CCN(S(=O)(=O)c1ccc(Br)cc1)C2. The average molecular weight is 428 g/mol. The molecule has 0 saturated carbocycles. The van der Waals surface area contributed by atoms with E-state index in [2.05, 4.69) is 21.0 Å². The van der Waals surface area contributed by atoms with Gasteiger partial charge in [0.05, 0.1) is 17.2 Å². The summed E-state index contributed by atoms with van der Waals surface area (Å²) in [6, 6.07) is 6.50. The largest absolute Gasteiger partial charge is 0.461 e. The second-order valence-electron chi connectivity index (χ2n) is 5.66. The molecule has 3 rings (SSSR count). The first kappa shape index (κ1) is 18.1. The number of sulfonamides is 1. The standard InChI is InChI=1S/C16H18BrN3O4S/c1-3-24-16(21)15-13-10-20(9-8-14(13)18-19(15)2)25(22,23)12-6-4-11(17)5-7-12/h4-7H,3,8-10H2,1-2H3. The van der Waals surface area contributed by atoms with Crippen LogP contribution < -0.4 is 0 Å². The lowest BCUT2D eigenvalue weighted by Crippen LogP contribution is -2.36. The van der Waals surface area contributed by atoms with Crippen LogP contribution in [0.4, 0.5) is 0 Å². The van der Waals surface area contributed by atoms with Crippen molar-refractivity contribution in [1.82, 2.24) is 14.1 Å². The molecule has 0 N–H and O–H groups in total. The molecule has 2 heterocycles. The molecule has 1 aliphatic rings. The number of carbonyl (C=O) groups is 1. The van der Waals surface area contributed by atoms with Crippen molar-refractivity contribution >= 4 is 31.9 Å². The van der Waals surface area contributed by atoms with Crippen molar-refractivity contribution in [2.24, 2.45) is 7.05 Å². The van der Waals surface area contributed by atoms with Gasteiger partial charge in [-0.3, -0.25) is 4.68 Å². The Balaban J connectivity index is 1.95. The maximum absolute atomic E-state index is 12.9. The van der Waals surface area contributed by atoms with Gasteiger partial charge in [-0.2, -0.15) is 9.40 Å². The van der Waals surface area contributed by atoms with Gasteiger partial charge in [0.15, 0.2) is 5.69 Å². The third-order valence-electron chi connectivity index (χ3n) is 4.08. The zero-order chi connectivity index (χ0) is 18.2. The number of aromatic nitrogens is 2. The van der Waals surface area contributed by atoms with Gasteiger partial charge in [-0.25, -0.2) is 13.2 Å². The zero-order valence-electron chi connectivity index (χ0n) is 13.9. The molecule has 0 fully saturated rings. The van der Waals surface area contributed by atoms with Crippen LogP contribution in [0.1, 0.15) is 28.7 Å². The number of ether oxygens (including phenoxy) is 1. The van der Waals surface area contributed by atoms with E-state index >= 15 is 0 Å². The predicted octanol–water partition coefficient (Wildman–Crippen LogP) is 2.11. The number of fused-ring (bicyclic) bond motifs is 1. The number of hydrogen-bond donors (Lipinski definition) is 0. The number of rotatable bonds is 4. The van der Waals surface area contributed by atoms with Crippen molar-refractivity contribution in [2.45, 2.75) is 24.8 Å². The monoisotopic (exact) mass is 427 g/mol. The molecule has 0 atom stereocenters. The minimum absolute atomic E-state index is 0.107. The van der Waals surface area contributed by atoms with Gasteiger partial charge in [-0.15, -0.1) is 0 Å². The highest BCUT2D eigenvalue weighted by atomic mass is 79.9. The summed E-state index contributed by atoms with van der Waals surface area (Å²) in [5, 5.41) is 4.34. The third-order valence-corrected chi connectivity index (χ3v) is 6.47. The van der Waals surface area contributed by atoms with Crippen molar-refractivity contribution in [1.29, 1.82) is 0 Å². The summed E-state index contributed by atoms with van der Waals surface area (Å²) in [7, 11) is -1.98. The Morgan fingerprint density at radius 2 is 2.00 bits per heavy atom. The zero-order valence-corrected chi connectivity index (χ0v) is 16.3. The van der Waals surface area contributed by atoms with Crippen LogP contribution in [0.5, 0.6) is 0 Å². The van der Waals surface area contributed by atoms with E-state index in [0.717, 1.165) is 10.2 Å². The Bertz CT molecular complexity index is 906. The lowest BCUT2D eigenvalue weighted by atomic mass is 10.1. The molecule has 0 radical (unpaired) electrons. The summed E-state index contributed by atoms with van der Waals surface area (Å²) < 4.78 is 34.5. The second kappa shape index (κ2) is 6.89. The minimum atomic E-state index is -3.64. The highest BCUT2D eigenvalue weighted by Crippen LogP contribution is 2.27. The molecule has 134 valence electrons. The van der Waals surface area contributed by atoms with Crippen LogP contribution in [-0.2, 0) is 34.8 Å². The van der Waals surface area contributed by atoms with E-state index in [4.69, 9.17) is 4.74 Å². The van der Waals surface area contributed by atoms with E-state index in [1.54, 1.807) is 38.2 Å². The van der Waals surface area contributed by atoms with Crippen molar-refractivity contribution in [3.63, 3.8) is 0 Å². The van der Waals surface area contributed by atoms with Crippen LogP contribution in [-0.4, -0.2) is 41.6 Å². The van der Waals surface area contributed by atoms with Gasteiger partial charge in [0.25, 0.3) is 0 Å². The molecular formula is C16H18BrN3O4S. The second-order valence-corrected chi connectivity index (χ2v) is 8.51. The molecule has 0 unspecified atom stereocenters. The van der Waals surface area contributed by atoms with E-state index in [9.17, 15) is 13.2 Å². The molecule has 9 heteroatoms. The Hall–Kier alpha value is -1.71. The summed E-state index contributed by atoms with van der Waals surface area (Å²) >= 11 is 3.30. The molecule has 1 aromatic heterocycles. The Morgan fingerprint density at radius 3 is 2.64 bits per heavy atom. The summed E-state index contributed by atoms with van der Waals surface area (Å²) in [6.45, 7) is 2.41. The highest BCUT2D eigenvalue weighted by molar-refractivity contribution is 9.10. The highest BCUT2D eigenvalue weighted by Gasteiger charge is 2.33. The van der Waals surface area contributed by atoms with Crippen molar-refractivity contribution < 1.29 is 17.9 Å². The van der Waals surface area contributed by atoms with E-state index in [0.29, 0.717) is 24.2 Å². The molecule has 25 heavy (non-hydrogen) atoms. The number of nitrogens with zero attached hydrogens (tertiary/aromatic N) is 3. The minimum Gasteiger partial charge on any atom is -0.461 e. The quantitative estimate of drug-likeness (QED) is 0.697. The van der Waals surface area contributed by atoms with Crippen molar-refractivity contribution in [2.75, 3.05) is 13.2 Å². The molecule has 0 spiro atoms. The van der Waals surface area contributed by atoms with Crippen LogP contribution in [0.3, 0.4) is 0 Å². The maximum Gasteiger partial charge on any atom is 0.356 e. The summed E-state index contributed by atoms with van der Waals surface area (Å²) in [5.74, 6) is -0.485. The molecule has 2 aromatic rings. The predicted molar refractivity (Wildman–Crippen MR) is 94.6 cm³/mol. The number of benzene rings is 1. The summed E-state index contributed by atoms with van der Waals surface area (Å²) in [5.41, 5.74) is 1.67. The molecule has 0 amide bonds. The molecule has 1 aliphatic heterocycles. The van der Waals surface area contributed by atoms with Crippen molar-refractivity contribution in [3.05, 3.63) is 45.7 Å².